The van der Waals surface area contributed by atoms with Crippen LogP contribution in [0.25, 0.3) is 5.69 Å². The van der Waals surface area contributed by atoms with Crippen LogP contribution >= 0.6 is 0 Å². The SMILES string of the molecule is Cc1cccc(-n2cc(CN3CCN(c4cc(N)nc(N)n4)CC3)cn2)c1. The van der Waals surface area contributed by atoms with Gasteiger partial charge in [0.15, 0.2) is 0 Å². The number of aryl methyl sites for hydroxylation is 1. The van der Waals surface area contributed by atoms with Gasteiger partial charge in [-0.2, -0.15) is 15.1 Å². The van der Waals surface area contributed by atoms with Gasteiger partial charge in [-0.3, -0.25) is 4.90 Å². The predicted octanol–water partition coefficient (Wildman–Crippen LogP) is 1.46. The van der Waals surface area contributed by atoms with Crippen molar-refractivity contribution in [1.82, 2.24) is 24.6 Å². The molecule has 140 valence electrons. The quantitative estimate of drug-likeness (QED) is 0.722. The number of anilines is 3. The first-order chi connectivity index (χ1) is 13.1. The first-order valence-electron chi connectivity index (χ1n) is 9.05. The zero-order chi connectivity index (χ0) is 18.8. The molecule has 0 unspecified atom stereocenters. The predicted molar refractivity (Wildman–Crippen MR) is 107 cm³/mol. The molecule has 0 bridgehead atoms. The average Bonchev–Trinajstić information content (AvgIpc) is 3.10. The minimum Gasteiger partial charge on any atom is -0.383 e. The zero-order valence-electron chi connectivity index (χ0n) is 15.4. The van der Waals surface area contributed by atoms with Crippen molar-refractivity contribution in [2.75, 3.05) is 42.5 Å². The van der Waals surface area contributed by atoms with E-state index in [1.54, 1.807) is 6.07 Å². The monoisotopic (exact) mass is 364 g/mol. The second-order valence-corrected chi connectivity index (χ2v) is 6.90. The Hall–Kier alpha value is -3.13. The highest BCUT2D eigenvalue weighted by molar-refractivity contribution is 5.50. The van der Waals surface area contributed by atoms with E-state index in [9.17, 15) is 0 Å². The molecule has 3 aromatic rings. The summed E-state index contributed by atoms with van der Waals surface area (Å²) in [5, 5.41) is 4.51. The lowest BCUT2D eigenvalue weighted by atomic mass is 10.2. The van der Waals surface area contributed by atoms with E-state index in [4.69, 9.17) is 11.5 Å². The summed E-state index contributed by atoms with van der Waals surface area (Å²) in [6.07, 6.45) is 4.05. The molecule has 0 saturated carbocycles. The van der Waals surface area contributed by atoms with E-state index in [1.807, 2.05) is 10.9 Å². The number of hydrogen-bond acceptors (Lipinski definition) is 7. The molecule has 1 aromatic carbocycles. The third-order valence-electron chi connectivity index (χ3n) is 4.75. The van der Waals surface area contributed by atoms with Gasteiger partial charge in [0.1, 0.15) is 11.6 Å². The number of nitrogens with zero attached hydrogens (tertiary/aromatic N) is 6. The summed E-state index contributed by atoms with van der Waals surface area (Å²) in [5.41, 5.74) is 15.0. The van der Waals surface area contributed by atoms with Crippen LogP contribution in [0.3, 0.4) is 0 Å². The number of nitrogen functional groups attached to an aromatic ring is 2. The van der Waals surface area contributed by atoms with Gasteiger partial charge in [-0.25, -0.2) is 4.68 Å². The van der Waals surface area contributed by atoms with E-state index in [2.05, 4.69) is 62.3 Å². The van der Waals surface area contributed by atoms with Gasteiger partial charge in [0.05, 0.1) is 11.9 Å². The highest BCUT2D eigenvalue weighted by atomic mass is 15.3. The lowest BCUT2D eigenvalue weighted by Crippen LogP contribution is -2.46. The smallest absolute Gasteiger partial charge is 0.223 e. The normalized spacial score (nSPS) is 15.2. The van der Waals surface area contributed by atoms with Crippen molar-refractivity contribution in [3.8, 4) is 5.69 Å². The molecule has 3 heterocycles. The van der Waals surface area contributed by atoms with Gasteiger partial charge in [0.2, 0.25) is 5.95 Å². The molecular formula is C19H24N8. The van der Waals surface area contributed by atoms with E-state index in [0.717, 1.165) is 44.2 Å². The zero-order valence-corrected chi connectivity index (χ0v) is 15.4. The van der Waals surface area contributed by atoms with Crippen LogP contribution in [0.2, 0.25) is 0 Å². The first kappa shape index (κ1) is 17.3. The van der Waals surface area contributed by atoms with E-state index in [-0.39, 0.29) is 5.95 Å². The van der Waals surface area contributed by atoms with Crippen LogP contribution < -0.4 is 16.4 Å². The largest absolute Gasteiger partial charge is 0.383 e. The number of piperazine rings is 1. The summed E-state index contributed by atoms with van der Waals surface area (Å²) in [7, 11) is 0. The maximum atomic E-state index is 5.78. The molecule has 1 aliphatic heterocycles. The van der Waals surface area contributed by atoms with Crippen LogP contribution in [0.1, 0.15) is 11.1 Å². The van der Waals surface area contributed by atoms with Crippen LogP contribution in [0.15, 0.2) is 42.7 Å². The summed E-state index contributed by atoms with van der Waals surface area (Å²) >= 11 is 0. The standard InChI is InChI=1S/C19H24N8/c1-14-3-2-4-16(9-14)27-13-15(11-22-27)12-25-5-7-26(8-6-25)18-10-17(20)23-19(21)24-18/h2-4,9-11,13H,5-8,12H2,1H3,(H4,20,21,23,24). The minimum absolute atomic E-state index is 0.219. The first-order valence-corrected chi connectivity index (χ1v) is 9.05. The molecule has 1 saturated heterocycles. The van der Waals surface area contributed by atoms with Gasteiger partial charge in [0.25, 0.3) is 0 Å². The van der Waals surface area contributed by atoms with Gasteiger partial charge in [-0.05, 0) is 24.6 Å². The molecule has 8 heteroatoms. The molecule has 0 spiro atoms. The summed E-state index contributed by atoms with van der Waals surface area (Å²) in [4.78, 5) is 12.8. The Morgan fingerprint density at radius 3 is 2.59 bits per heavy atom. The third-order valence-corrected chi connectivity index (χ3v) is 4.75. The molecule has 27 heavy (non-hydrogen) atoms. The molecule has 0 amide bonds. The van der Waals surface area contributed by atoms with Crippen molar-refractivity contribution in [1.29, 1.82) is 0 Å². The lowest BCUT2D eigenvalue weighted by Gasteiger charge is -2.35. The number of benzene rings is 1. The average molecular weight is 364 g/mol. The van der Waals surface area contributed by atoms with Crippen LogP contribution in [0.5, 0.6) is 0 Å². The number of rotatable bonds is 4. The lowest BCUT2D eigenvalue weighted by molar-refractivity contribution is 0.249. The number of nitrogens with two attached hydrogens (primary N) is 2. The van der Waals surface area contributed by atoms with Crippen LogP contribution in [-0.4, -0.2) is 50.8 Å². The highest BCUT2D eigenvalue weighted by Gasteiger charge is 2.19. The minimum atomic E-state index is 0.219. The topological polar surface area (TPSA) is 102 Å². The molecule has 4 rings (SSSR count). The Kier molecular flexibility index (Phi) is 4.64. The molecule has 2 aromatic heterocycles. The fourth-order valence-electron chi connectivity index (χ4n) is 3.38. The maximum Gasteiger partial charge on any atom is 0.223 e. The third kappa shape index (κ3) is 4.01. The van der Waals surface area contributed by atoms with Gasteiger partial charge in [-0.15, -0.1) is 0 Å². The van der Waals surface area contributed by atoms with E-state index < -0.39 is 0 Å². The van der Waals surface area contributed by atoms with E-state index in [0.29, 0.717) is 5.82 Å². The molecule has 0 atom stereocenters. The second-order valence-electron chi connectivity index (χ2n) is 6.90. The van der Waals surface area contributed by atoms with Crippen molar-refractivity contribution >= 4 is 17.6 Å². The Morgan fingerprint density at radius 2 is 1.85 bits per heavy atom. The molecule has 4 N–H and O–H groups in total. The molecular weight excluding hydrogens is 340 g/mol. The molecule has 1 fully saturated rings. The fraction of sp³-hybridized carbons (Fsp3) is 0.316. The van der Waals surface area contributed by atoms with Crippen molar-refractivity contribution < 1.29 is 0 Å². The van der Waals surface area contributed by atoms with Crippen LogP contribution in [0, 0.1) is 6.92 Å². The van der Waals surface area contributed by atoms with E-state index >= 15 is 0 Å². The number of hydrogen-bond donors (Lipinski definition) is 2. The maximum absolute atomic E-state index is 5.78. The van der Waals surface area contributed by atoms with Gasteiger partial charge >= 0.3 is 0 Å². The van der Waals surface area contributed by atoms with Crippen molar-refractivity contribution in [3.05, 3.63) is 53.9 Å². The fourth-order valence-corrected chi connectivity index (χ4v) is 3.38. The molecule has 0 aliphatic carbocycles. The van der Waals surface area contributed by atoms with Crippen molar-refractivity contribution in [2.45, 2.75) is 13.5 Å². The van der Waals surface area contributed by atoms with Crippen molar-refractivity contribution in [2.24, 2.45) is 0 Å². The Bertz CT molecular complexity index is 907. The molecule has 8 nitrogen and oxygen atoms in total. The molecule has 1 aliphatic rings. The van der Waals surface area contributed by atoms with Gasteiger partial charge in [-0.1, -0.05) is 12.1 Å². The Morgan fingerprint density at radius 1 is 1.04 bits per heavy atom. The summed E-state index contributed by atoms with van der Waals surface area (Å²) < 4.78 is 1.94. The van der Waals surface area contributed by atoms with Crippen molar-refractivity contribution in [3.63, 3.8) is 0 Å². The Labute approximate surface area is 158 Å². The van der Waals surface area contributed by atoms with E-state index in [1.165, 1.54) is 11.1 Å². The summed E-state index contributed by atoms with van der Waals surface area (Å²) in [5.74, 6) is 1.42. The summed E-state index contributed by atoms with van der Waals surface area (Å²) in [6, 6.07) is 10.1. The van der Waals surface area contributed by atoms with Crippen LogP contribution in [-0.2, 0) is 6.54 Å². The van der Waals surface area contributed by atoms with Gasteiger partial charge in [0, 0.05) is 50.6 Å². The summed E-state index contributed by atoms with van der Waals surface area (Å²) in [6.45, 7) is 6.61. The van der Waals surface area contributed by atoms with Crippen LogP contribution in [0.4, 0.5) is 17.6 Å². The second kappa shape index (κ2) is 7.24. The Balaban J connectivity index is 1.37. The van der Waals surface area contributed by atoms with Gasteiger partial charge < -0.3 is 16.4 Å². The highest BCUT2D eigenvalue weighted by Crippen LogP contribution is 2.18. The number of aromatic nitrogens is 4. The molecule has 0 radical (unpaired) electrons.